The molecule has 2 aliphatic rings. The summed E-state index contributed by atoms with van der Waals surface area (Å²) >= 11 is 0. The van der Waals surface area contributed by atoms with Crippen molar-refractivity contribution in [3.8, 4) is 0 Å². The van der Waals surface area contributed by atoms with E-state index in [2.05, 4.69) is 5.32 Å². The molecule has 0 aromatic carbocycles. The Morgan fingerprint density at radius 1 is 0.950 bits per heavy atom. The molecule has 1 saturated heterocycles. The minimum absolute atomic E-state index is 0.0129. The number of nitrogens with zero attached hydrogens (tertiary/aromatic N) is 1. The summed E-state index contributed by atoms with van der Waals surface area (Å²) in [5.41, 5.74) is -0.934. The first-order valence-corrected chi connectivity index (χ1v) is 8.12. The highest BCUT2D eigenvalue weighted by atomic mass is 16.2. The van der Waals surface area contributed by atoms with Crippen molar-refractivity contribution in [1.82, 2.24) is 10.2 Å². The molecule has 0 spiro atoms. The van der Waals surface area contributed by atoms with Crippen LogP contribution in [-0.2, 0) is 9.59 Å². The fourth-order valence-corrected chi connectivity index (χ4v) is 3.20. The van der Waals surface area contributed by atoms with Gasteiger partial charge in [-0.1, -0.05) is 25.7 Å². The average molecular weight is 280 g/mol. The zero-order valence-corrected chi connectivity index (χ0v) is 12.9. The van der Waals surface area contributed by atoms with Crippen molar-refractivity contribution in [2.24, 2.45) is 5.41 Å². The topological polar surface area (TPSA) is 49.4 Å². The highest BCUT2D eigenvalue weighted by Gasteiger charge is 2.40. The Labute approximate surface area is 122 Å². The molecule has 2 rings (SSSR count). The Balaban J connectivity index is 1.93. The van der Waals surface area contributed by atoms with Crippen molar-refractivity contribution in [3.05, 3.63) is 0 Å². The van der Waals surface area contributed by atoms with Gasteiger partial charge >= 0.3 is 0 Å². The summed E-state index contributed by atoms with van der Waals surface area (Å²) in [6, 6.07) is 0.260. The summed E-state index contributed by atoms with van der Waals surface area (Å²) in [6.07, 6.45) is 9.14. The first-order chi connectivity index (χ1) is 9.51. The summed E-state index contributed by atoms with van der Waals surface area (Å²) in [5, 5.41) is 3.12. The maximum atomic E-state index is 12.5. The van der Waals surface area contributed by atoms with Gasteiger partial charge in [0.15, 0.2) is 0 Å². The van der Waals surface area contributed by atoms with Crippen LogP contribution in [0.1, 0.15) is 65.2 Å². The summed E-state index contributed by atoms with van der Waals surface area (Å²) in [4.78, 5) is 26.8. The Kier molecular flexibility index (Phi) is 5.06. The van der Waals surface area contributed by atoms with Crippen LogP contribution in [0.4, 0.5) is 0 Å². The van der Waals surface area contributed by atoms with Gasteiger partial charge in [-0.3, -0.25) is 9.59 Å². The van der Waals surface area contributed by atoms with Crippen LogP contribution >= 0.6 is 0 Å². The van der Waals surface area contributed by atoms with Gasteiger partial charge in [0, 0.05) is 19.1 Å². The fourth-order valence-electron chi connectivity index (χ4n) is 3.20. The van der Waals surface area contributed by atoms with Crippen LogP contribution in [0.25, 0.3) is 0 Å². The Hall–Kier alpha value is -1.06. The zero-order chi connectivity index (χ0) is 14.6. The minimum Gasteiger partial charge on any atom is -0.352 e. The number of carbonyl (C=O) groups is 2. The molecular formula is C16H28N2O2. The molecule has 1 saturated carbocycles. The van der Waals surface area contributed by atoms with Crippen molar-refractivity contribution in [2.45, 2.75) is 71.3 Å². The lowest BCUT2D eigenvalue weighted by molar-refractivity contribution is -0.148. The zero-order valence-electron chi connectivity index (χ0n) is 12.9. The largest absolute Gasteiger partial charge is 0.352 e. The van der Waals surface area contributed by atoms with Crippen molar-refractivity contribution < 1.29 is 9.59 Å². The van der Waals surface area contributed by atoms with E-state index in [0.717, 1.165) is 38.8 Å². The van der Waals surface area contributed by atoms with E-state index in [-0.39, 0.29) is 17.9 Å². The molecule has 4 heteroatoms. The van der Waals surface area contributed by atoms with Crippen LogP contribution in [0.3, 0.4) is 0 Å². The molecule has 20 heavy (non-hydrogen) atoms. The third-order valence-corrected chi connectivity index (χ3v) is 4.69. The van der Waals surface area contributed by atoms with Crippen LogP contribution in [0, 0.1) is 5.41 Å². The van der Waals surface area contributed by atoms with Gasteiger partial charge in [0.25, 0.3) is 0 Å². The Bertz CT molecular complexity index is 351. The quantitative estimate of drug-likeness (QED) is 0.638. The van der Waals surface area contributed by atoms with Crippen LogP contribution < -0.4 is 5.32 Å². The summed E-state index contributed by atoms with van der Waals surface area (Å²) in [5.74, 6) is -0.109. The number of likely N-dealkylation sites (tertiary alicyclic amines) is 1. The SMILES string of the molecule is CC(C)(C(=O)NC1CCCCCC1)C(=O)N1CCCC1. The molecule has 0 bridgehead atoms. The van der Waals surface area contributed by atoms with Gasteiger partial charge < -0.3 is 10.2 Å². The summed E-state index contributed by atoms with van der Waals surface area (Å²) < 4.78 is 0. The van der Waals surface area contributed by atoms with E-state index in [4.69, 9.17) is 0 Å². The van der Waals surface area contributed by atoms with E-state index >= 15 is 0 Å². The van der Waals surface area contributed by atoms with E-state index in [1.54, 1.807) is 13.8 Å². The number of hydrogen-bond acceptors (Lipinski definition) is 2. The summed E-state index contributed by atoms with van der Waals surface area (Å²) in [6.45, 7) is 5.14. The van der Waals surface area contributed by atoms with Crippen molar-refractivity contribution in [3.63, 3.8) is 0 Å². The molecular weight excluding hydrogens is 252 g/mol. The lowest BCUT2D eigenvalue weighted by Gasteiger charge is -2.30. The molecule has 0 unspecified atom stereocenters. The lowest BCUT2D eigenvalue weighted by Crippen LogP contribution is -2.51. The molecule has 0 aromatic heterocycles. The van der Waals surface area contributed by atoms with Gasteiger partial charge in [-0.2, -0.15) is 0 Å². The first kappa shape index (κ1) is 15.3. The second-order valence-electron chi connectivity index (χ2n) is 6.79. The fraction of sp³-hybridized carbons (Fsp3) is 0.875. The van der Waals surface area contributed by atoms with E-state index in [1.165, 1.54) is 25.7 Å². The monoisotopic (exact) mass is 280 g/mol. The molecule has 114 valence electrons. The van der Waals surface area contributed by atoms with Crippen LogP contribution in [0.15, 0.2) is 0 Å². The predicted molar refractivity (Wildman–Crippen MR) is 79.2 cm³/mol. The maximum absolute atomic E-state index is 12.5. The third kappa shape index (κ3) is 3.53. The molecule has 1 N–H and O–H groups in total. The third-order valence-electron chi connectivity index (χ3n) is 4.69. The Morgan fingerprint density at radius 3 is 2.05 bits per heavy atom. The average Bonchev–Trinajstić information content (AvgIpc) is 2.83. The van der Waals surface area contributed by atoms with E-state index < -0.39 is 5.41 Å². The molecule has 0 aromatic rings. The molecule has 2 amide bonds. The second kappa shape index (κ2) is 6.59. The number of nitrogens with one attached hydrogen (secondary N) is 1. The molecule has 1 aliphatic carbocycles. The van der Waals surface area contributed by atoms with Gasteiger partial charge in [0.1, 0.15) is 5.41 Å². The van der Waals surface area contributed by atoms with Crippen LogP contribution in [0.5, 0.6) is 0 Å². The highest BCUT2D eigenvalue weighted by molar-refractivity contribution is 6.04. The Morgan fingerprint density at radius 2 is 1.50 bits per heavy atom. The van der Waals surface area contributed by atoms with E-state index in [9.17, 15) is 9.59 Å². The molecule has 1 heterocycles. The van der Waals surface area contributed by atoms with Crippen molar-refractivity contribution in [1.29, 1.82) is 0 Å². The van der Waals surface area contributed by atoms with E-state index in [1.807, 2.05) is 4.90 Å². The van der Waals surface area contributed by atoms with E-state index in [0.29, 0.717) is 0 Å². The number of hydrogen-bond donors (Lipinski definition) is 1. The lowest BCUT2D eigenvalue weighted by atomic mass is 9.89. The maximum Gasteiger partial charge on any atom is 0.237 e. The van der Waals surface area contributed by atoms with Crippen LogP contribution in [-0.4, -0.2) is 35.8 Å². The molecule has 2 fully saturated rings. The van der Waals surface area contributed by atoms with Gasteiger partial charge in [-0.15, -0.1) is 0 Å². The van der Waals surface area contributed by atoms with Gasteiger partial charge in [0.05, 0.1) is 0 Å². The molecule has 0 radical (unpaired) electrons. The second-order valence-corrected chi connectivity index (χ2v) is 6.79. The van der Waals surface area contributed by atoms with Gasteiger partial charge in [0.2, 0.25) is 11.8 Å². The van der Waals surface area contributed by atoms with Gasteiger partial charge in [-0.05, 0) is 39.5 Å². The molecule has 1 aliphatic heterocycles. The normalized spacial score (nSPS) is 21.6. The standard InChI is InChI=1S/C16H28N2O2/c1-16(2,15(20)18-11-7-8-12-18)14(19)17-13-9-5-3-4-6-10-13/h13H,3-12H2,1-2H3,(H,17,19). The molecule has 4 nitrogen and oxygen atoms in total. The highest BCUT2D eigenvalue weighted by Crippen LogP contribution is 2.24. The minimum atomic E-state index is -0.934. The predicted octanol–water partition coefficient (Wildman–Crippen LogP) is 2.47. The molecule has 0 atom stereocenters. The van der Waals surface area contributed by atoms with Crippen molar-refractivity contribution >= 4 is 11.8 Å². The number of carbonyl (C=O) groups excluding carboxylic acids is 2. The van der Waals surface area contributed by atoms with Crippen LogP contribution in [0.2, 0.25) is 0 Å². The number of amides is 2. The van der Waals surface area contributed by atoms with Gasteiger partial charge in [-0.25, -0.2) is 0 Å². The first-order valence-electron chi connectivity index (χ1n) is 8.12. The smallest absolute Gasteiger partial charge is 0.237 e. The number of rotatable bonds is 3. The summed E-state index contributed by atoms with van der Waals surface area (Å²) in [7, 11) is 0. The van der Waals surface area contributed by atoms with Crippen molar-refractivity contribution in [2.75, 3.05) is 13.1 Å².